The summed E-state index contributed by atoms with van der Waals surface area (Å²) in [5.41, 5.74) is 0.705. The van der Waals surface area contributed by atoms with Crippen molar-refractivity contribution in [3.8, 4) is 11.4 Å². The fourth-order valence-electron chi connectivity index (χ4n) is 2.26. The fraction of sp³-hybridized carbons (Fsp3) is 0.438. The summed E-state index contributed by atoms with van der Waals surface area (Å²) in [6.07, 6.45) is -1.04. The van der Waals surface area contributed by atoms with E-state index in [4.69, 9.17) is 4.74 Å². The van der Waals surface area contributed by atoms with E-state index in [1.807, 2.05) is 0 Å². The Balaban J connectivity index is 1.54. The van der Waals surface area contributed by atoms with Gasteiger partial charge in [-0.05, 0) is 31.4 Å². The number of aromatic nitrogens is 2. The number of halogens is 3. The second kappa shape index (κ2) is 7.22. The molecule has 1 aliphatic carbocycles. The zero-order valence-electron chi connectivity index (χ0n) is 13.2. The Morgan fingerprint density at radius 2 is 2.00 bits per heavy atom. The first kappa shape index (κ1) is 17.4. The number of carbonyl (C=O) groups excluding carboxylic acids is 1. The van der Waals surface area contributed by atoms with E-state index >= 15 is 0 Å². The minimum atomic E-state index is -4.69. The largest absolute Gasteiger partial charge is 0.471 e. The third-order valence-electron chi connectivity index (χ3n) is 3.87. The van der Waals surface area contributed by atoms with Gasteiger partial charge in [0.2, 0.25) is 5.82 Å². The molecule has 0 radical (unpaired) electrons. The maximum atomic E-state index is 12.5. The van der Waals surface area contributed by atoms with Gasteiger partial charge in [-0.25, -0.2) is 0 Å². The van der Waals surface area contributed by atoms with Crippen LogP contribution in [0.25, 0.3) is 11.4 Å². The molecule has 0 bridgehead atoms. The summed E-state index contributed by atoms with van der Waals surface area (Å²) in [7, 11) is 0. The van der Waals surface area contributed by atoms with E-state index in [9.17, 15) is 18.0 Å². The van der Waals surface area contributed by atoms with Crippen LogP contribution in [0.5, 0.6) is 0 Å². The number of carbonyl (C=O) groups is 1. The van der Waals surface area contributed by atoms with Crippen molar-refractivity contribution < 1.29 is 27.2 Å². The Bertz CT molecular complexity index is 724. The summed E-state index contributed by atoms with van der Waals surface area (Å²) in [5.74, 6) is -1.88. The highest BCUT2D eigenvalue weighted by molar-refractivity contribution is 5.94. The summed E-state index contributed by atoms with van der Waals surface area (Å²) in [6.45, 7) is 0.856. The van der Waals surface area contributed by atoms with Crippen LogP contribution in [0.1, 0.15) is 35.5 Å². The molecule has 1 heterocycles. The standard InChI is InChI=1S/C16H16F3N3O3/c17-16(18,19)15-21-13(22-25-15)10-4-6-11(7-5-10)14(23)20-8-9-24-12-2-1-3-12/h4-7,12H,1-3,8-9H2,(H,20,23). The molecule has 1 saturated carbocycles. The Hall–Kier alpha value is -2.42. The first-order chi connectivity index (χ1) is 11.9. The van der Waals surface area contributed by atoms with Crippen molar-refractivity contribution in [3.63, 3.8) is 0 Å². The van der Waals surface area contributed by atoms with Gasteiger partial charge < -0.3 is 14.6 Å². The van der Waals surface area contributed by atoms with Crippen LogP contribution in [0.2, 0.25) is 0 Å². The van der Waals surface area contributed by atoms with Crippen molar-refractivity contribution in [2.45, 2.75) is 31.5 Å². The molecule has 0 aliphatic heterocycles. The summed E-state index contributed by atoms with van der Waals surface area (Å²) in [6, 6.07) is 5.90. The minimum absolute atomic E-state index is 0.187. The van der Waals surface area contributed by atoms with E-state index in [0.29, 0.717) is 30.4 Å². The van der Waals surface area contributed by atoms with Crippen LogP contribution in [0, 0.1) is 0 Å². The maximum absolute atomic E-state index is 12.5. The molecule has 0 spiro atoms. The van der Waals surface area contributed by atoms with Gasteiger partial charge in [0, 0.05) is 17.7 Å². The number of nitrogens with one attached hydrogen (secondary N) is 1. The monoisotopic (exact) mass is 355 g/mol. The number of amides is 1. The highest BCUT2D eigenvalue weighted by atomic mass is 19.4. The van der Waals surface area contributed by atoms with Crippen LogP contribution in [-0.2, 0) is 10.9 Å². The Labute approximate surface area is 141 Å². The van der Waals surface area contributed by atoms with Crippen molar-refractivity contribution in [2.75, 3.05) is 13.2 Å². The normalized spacial score (nSPS) is 15.0. The zero-order chi connectivity index (χ0) is 17.9. The number of rotatable bonds is 6. The summed E-state index contributed by atoms with van der Waals surface area (Å²) < 4.78 is 47.1. The fourth-order valence-corrected chi connectivity index (χ4v) is 2.26. The molecule has 3 rings (SSSR count). The predicted molar refractivity (Wildman–Crippen MR) is 80.7 cm³/mol. The van der Waals surface area contributed by atoms with Gasteiger partial charge in [-0.3, -0.25) is 4.79 Å². The topological polar surface area (TPSA) is 77.2 Å². The number of benzene rings is 1. The molecule has 0 saturated heterocycles. The first-order valence-electron chi connectivity index (χ1n) is 7.84. The number of ether oxygens (including phenoxy) is 1. The van der Waals surface area contributed by atoms with Gasteiger partial charge in [-0.1, -0.05) is 17.3 Å². The van der Waals surface area contributed by atoms with Crippen LogP contribution < -0.4 is 5.32 Å². The van der Waals surface area contributed by atoms with E-state index in [1.54, 1.807) is 0 Å². The summed E-state index contributed by atoms with van der Waals surface area (Å²) in [4.78, 5) is 15.3. The third kappa shape index (κ3) is 4.36. The van der Waals surface area contributed by atoms with Crippen molar-refractivity contribution in [1.29, 1.82) is 0 Å². The average Bonchev–Trinajstić information content (AvgIpc) is 3.03. The van der Waals surface area contributed by atoms with E-state index in [-0.39, 0.29) is 11.7 Å². The molecule has 1 amide bonds. The van der Waals surface area contributed by atoms with E-state index in [2.05, 4.69) is 20.0 Å². The number of hydrogen-bond donors (Lipinski definition) is 1. The minimum Gasteiger partial charge on any atom is -0.376 e. The van der Waals surface area contributed by atoms with Crippen LogP contribution in [0.15, 0.2) is 28.8 Å². The lowest BCUT2D eigenvalue weighted by Gasteiger charge is -2.25. The number of hydrogen-bond acceptors (Lipinski definition) is 5. The first-order valence-corrected chi connectivity index (χ1v) is 7.84. The Morgan fingerprint density at radius 3 is 2.56 bits per heavy atom. The highest BCUT2D eigenvalue weighted by Gasteiger charge is 2.38. The van der Waals surface area contributed by atoms with E-state index in [1.165, 1.54) is 30.7 Å². The molecule has 1 aromatic carbocycles. The molecule has 1 N–H and O–H groups in total. The third-order valence-corrected chi connectivity index (χ3v) is 3.87. The van der Waals surface area contributed by atoms with Gasteiger partial charge in [0.25, 0.3) is 5.91 Å². The van der Waals surface area contributed by atoms with E-state index < -0.39 is 12.1 Å². The van der Waals surface area contributed by atoms with Crippen LogP contribution in [-0.4, -0.2) is 35.3 Å². The van der Waals surface area contributed by atoms with Gasteiger partial charge in [-0.2, -0.15) is 18.2 Å². The lowest BCUT2D eigenvalue weighted by atomic mass is 9.96. The zero-order valence-corrected chi connectivity index (χ0v) is 13.2. The quantitative estimate of drug-likeness (QED) is 0.806. The van der Waals surface area contributed by atoms with Gasteiger partial charge in [0.05, 0.1) is 12.7 Å². The highest BCUT2D eigenvalue weighted by Crippen LogP contribution is 2.29. The van der Waals surface area contributed by atoms with Gasteiger partial charge in [-0.15, -0.1) is 0 Å². The van der Waals surface area contributed by atoms with Crippen molar-refractivity contribution in [3.05, 3.63) is 35.7 Å². The maximum Gasteiger partial charge on any atom is 0.471 e. The van der Waals surface area contributed by atoms with Gasteiger partial charge in [0.1, 0.15) is 0 Å². The molecule has 1 aromatic heterocycles. The molecular formula is C16H16F3N3O3. The molecular weight excluding hydrogens is 339 g/mol. The lowest BCUT2D eigenvalue weighted by molar-refractivity contribution is -0.159. The SMILES string of the molecule is O=C(NCCOC1CCC1)c1ccc(-c2noc(C(F)(F)F)n2)cc1. The Kier molecular flexibility index (Phi) is 5.03. The van der Waals surface area contributed by atoms with Crippen molar-refractivity contribution in [1.82, 2.24) is 15.5 Å². The van der Waals surface area contributed by atoms with Crippen molar-refractivity contribution >= 4 is 5.91 Å². The van der Waals surface area contributed by atoms with Crippen LogP contribution >= 0.6 is 0 Å². The van der Waals surface area contributed by atoms with Gasteiger partial charge >= 0.3 is 12.1 Å². The molecule has 0 unspecified atom stereocenters. The molecule has 2 aromatic rings. The molecule has 25 heavy (non-hydrogen) atoms. The molecule has 0 atom stereocenters. The lowest BCUT2D eigenvalue weighted by Crippen LogP contribution is -2.30. The van der Waals surface area contributed by atoms with Crippen LogP contribution in [0.3, 0.4) is 0 Å². The summed E-state index contributed by atoms with van der Waals surface area (Å²) >= 11 is 0. The predicted octanol–water partition coefficient (Wildman–Crippen LogP) is 3.05. The smallest absolute Gasteiger partial charge is 0.376 e. The number of alkyl halides is 3. The molecule has 9 heteroatoms. The average molecular weight is 355 g/mol. The van der Waals surface area contributed by atoms with Gasteiger partial charge in [0.15, 0.2) is 0 Å². The molecule has 1 aliphatic rings. The molecule has 134 valence electrons. The Morgan fingerprint density at radius 1 is 1.28 bits per heavy atom. The summed E-state index contributed by atoms with van der Waals surface area (Å²) in [5, 5.41) is 6.02. The molecule has 1 fully saturated rings. The second-order valence-corrected chi connectivity index (χ2v) is 5.68. The van der Waals surface area contributed by atoms with E-state index in [0.717, 1.165) is 12.8 Å². The van der Waals surface area contributed by atoms with Crippen molar-refractivity contribution in [2.24, 2.45) is 0 Å². The number of nitrogens with zero attached hydrogens (tertiary/aromatic N) is 2. The molecule has 6 nitrogen and oxygen atoms in total. The second-order valence-electron chi connectivity index (χ2n) is 5.68. The van der Waals surface area contributed by atoms with Crippen LogP contribution in [0.4, 0.5) is 13.2 Å².